The zero-order chi connectivity index (χ0) is 19.5. The van der Waals surface area contributed by atoms with Crippen LogP contribution in [-0.4, -0.2) is 38.7 Å². The van der Waals surface area contributed by atoms with Gasteiger partial charge in [-0.25, -0.2) is 0 Å². The number of carbonyl (C=O) groups excluding carboxylic acids is 1. The Bertz CT molecular complexity index is 931. The molecule has 1 atom stereocenters. The highest BCUT2D eigenvalue weighted by atomic mass is 32.1. The molecular weight excluding hydrogens is 372 g/mol. The fourth-order valence-corrected chi connectivity index (χ4v) is 4.59. The van der Waals surface area contributed by atoms with Crippen LogP contribution >= 0.6 is 11.3 Å². The van der Waals surface area contributed by atoms with Gasteiger partial charge in [0.25, 0.3) is 0 Å². The Morgan fingerprint density at radius 2 is 1.96 bits per heavy atom. The summed E-state index contributed by atoms with van der Waals surface area (Å²) in [5.74, 6) is 0.0389. The average molecular weight is 397 g/mol. The molecule has 7 nitrogen and oxygen atoms in total. The Labute approximate surface area is 168 Å². The number of piperidine rings is 1. The minimum absolute atomic E-state index is 0.0418. The van der Waals surface area contributed by atoms with Gasteiger partial charge in [0.1, 0.15) is 0 Å². The van der Waals surface area contributed by atoms with Gasteiger partial charge in [0.2, 0.25) is 16.2 Å². The lowest BCUT2D eigenvalue weighted by Gasteiger charge is -2.31. The maximum absolute atomic E-state index is 12.6. The molecule has 0 saturated carbocycles. The van der Waals surface area contributed by atoms with Crippen molar-refractivity contribution in [2.24, 2.45) is 5.92 Å². The average Bonchev–Trinajstić information content (AvgIpc) is 3.33. The van der Waals surface area contributed by atoms with E-state index in [1.807, 2.05) is 18.2 Å². The van der Waals surface area contributed by atoms with E-state index in [4.69, 9.17) is 0 Å². The topological polar surface area (TPSA) is 75.9 Å². The van der Waals surface area contributed by atoms with Crippen molar-refractivity contribution >= 4 is 22.4 Å². The van der Waals surface area contributed by atoms with Gasteiger partial charge < -0.3 is 10.2 Å². The van der Waals surface area contributed by atoms with Crippen molar-refractivity contribution in [1.29, 1.82) is 0 Å². The summed E-state index contributed by atoms with van der Waals surface area (Å²) in [6.07, 6.45) is 3.61. The number of hydrogen-bond acceptors (Lipinski definition) is 6. The van der Waals surface area contributed by atoms with Gasteiger partial charge in [-0.05, 0) is 51.0 Å². The Kier molecular flexibility index (Phi) is 5.38. The molecule has 0 radical (unpaired) electrons. The second kappa shape index (κ2) is 8.10. The van der Waals surface area contributed by atoms with Crippen LogP contribution < -0.4 is 10.2 Å². The predicted molar refractivity (Wildman–Crippen MR) is 110 cm³/mol. The summed E-state index contributed by atoms with van der Waals surface area (Å²) in [4.78, 5) is 19.1. The van der Waals surface area contributed by atoms with E-state index in [-0.39, 0.29) is 11.8 Å². The minimum Gasteiger partial charge on any atom is -0.350 e. The number of nitrogens with one attached hydrogen (secondary N) is 1. The minimum atomic E-state index is -0.0418. The Morgan fingerprint density at radius 3 is 2.71 bits per heavy atom. The number of aryl methyl sites for hydroxylation is 2. The van der Waals surface area contributed by atoms with Crippen LogP contribution in [0.5, 0.6) is 0 Å². The van der Waals surface area contributed by atoms with E-state index in [2.05, 4.69) is 55.9 Å². The summed E-state index contributed by atoms with van der Waals surface area (Å²) < 4.78 is 2.11. The molecule has 8 heteroatoms. The van der Waals surface area contributed by atoms with Crippen LogP contribution in [0.4, 0.5) is 5.13 Å². The summed E-state index contributed by atoms with van der Waals surface area (Å²) in [6, 6.07) is 9.88. The van der Waals surface area contributed by atoms with Gasteiger partial charge in [-0.3, -0.25) is 14.3 Å². The van der Waals surface area contributed by atoms with Crippen molar-refractivity contribution in [3.05, 3.63) is 53.6 Å². The highest BCUT2D eigenvalue weighted by Crippen LogP contribution is 2.29. The number of pyridine rings is 1. The van der Waals surface area contributed by atoms with E-state index < -0.39 is 0 Å². The second-order valence-electron chi connectivity index (χ2n) is 7.14. The van der Waals surface area contributed by atoms with Crippen molar-refractivity contribution in [1.82, 2.24) is 25.1 Å². The number of amides is 1. The van der Waals surface area contributed by atoms with Crippen LogP contribution in [0.25, 0.3) is 5.13 Å². The van der Waals surface area contributed by atoms with Gasteiger partial charge in [-0.1, -0.05) is 17.4 Å². The Hall–Kier alpha value is -2.74. The van der Waals surface area contributed by atoms with Crippen molar-refractivity contribution in [3.63, 3.8) is 0 Å². The molecule has 1 aliphatic rings. The largest absolute Gasteiger partial charge is 0.350 e. The molecule has 4 rings (SSSR count). The van der Waals surface area contributed by atoms with Crippen LogP contribution in [0, 0.1) is 19.8 Å². The lowest BCUT2D eigenvalue weighted by Crippen LogP contribution is -2.43. The van der Waals surface area contributed by atoms with Crippen LogP contribution in [0.15, 0.2) is 36.5 Å². The van der Waals surface area contributed by atoms with E-state index in [1.54, 1.807) is 17.5 Å². The normalized spacial score (nSPS) is 16.9. The molecule has 1 fully saturated rings. The lowest BCUT2D eigenvalue weighted by molar-refractivity contribution is -0.125. The zero-order valence-electron chi connectivity index (χ0n) is 16.1. The van der Waals surface area contributed by atoms with Gasteiger partial charge in [0, 0.05) is 30.7 Å². The summed E-state index contributed by atoms with van der Waals surface area (Å²) in [5, 5.41) is 13.5. The molecule has 0 aromatic carbocycles. The van der Waals surface area contributed by atoms with Crippen molar-refractivity contribution in [2.75, 3.05) is 18.0 Å². The number of rotatable bonds is 5. The van der Waals surface area contributed by atoms with Crippen LogP contribution in [0.2, 0.25) is 0 Å². The fraction of sp³-hybridized carbons (Fsp3) is 0.400. The van der Waals surface area contributed by atoms with Gasteiger partial charge >= 0.3 is 0 Å². The molecule has 4 heterocycles. The number of hydrogen-bond donors (Lipinski definition) is 1. The Balaban J connectivity index is 1.41. The summed E-state index contributed by atoms with van der Waals surface area (Å²) >= 11 is 1.57. The molecule has 3 aromatic rings. The third kappa shape index (κ3) is 3.91. The fourth-order valence-electron chi connectivity index (χ4n) is 3.59. The zero-order valence-corrected chi connectivity index (χ0v) is 16.9. The molecule has 146 valence electrons. The molecule has 0 bridgehead atoms. The van der Waals surface area contributed by atoms with Crippen molar-refractivity contribution in [3.8, 4) is 5.13 Å². The molecule has 3 aromatic heterocycles. The maximum Gasteiger partial charge on any atom is 0.225 e. The van der Waals surface area contributed by atoms with Crippen LogP contribution in [0.3, 0.4) is 0 Å². The highest BCUT2D eigenvalue weighted by molar-refractivity contribution is 7.17. The van der Waals surface area contributed by atoms with Crippen molar-refractivity contribution < 1.29 is 4.79 Å². The smallest absolute Gasteiger partial charge is 0.225 e. The first kappa shape index (κ1) is 18.6. The second-order valence-corrected chi connectivity index (χ2v) is 8.08. The van der Waals surface area contributed by atoms with E-state index in [1.165, 1.54) is 0 Å². The summed E-state index contributed by atoms with van der Waals surface area (Å²) in [6.45, 7) is 6.17. The molecule has 1 saturated heterocycles. The molecule has 0 unspecified atom stereocenters. The number of carbonyl (C=O) groups is 1. The van der Waals surface area contributed by atoms with E-state index in [0.29, 0.717) is 13.1 Å². The summed E-state index contributed by atoms with van der Waals surface area (Å²) in [5.41, 5.74) is 3.16. The molecule has 1 N–H and O–H groups in total. The highest BCUT2D eigenvalue weighted by Gasteiger charge is 2.28. The Morgan fingerprint density at radius 1 is 1.18 bits per heavy atom. The number of nitrogens with zero attached hydrogens (tertiary/aromatic N) is 5. The van der Waals surface area contributed by atoms with Gasteiger partial charge in [-0.15, -0.1) is 10.2 Å². The number of anilines is 1. The third-order valence-corrected chi connectivity index (χ3v) is 6.07. The predicted octanol–water partition coefficient (Wildman–Crippen LogP) is 2.87. The molecular formula is C20H24N6OS. The van der Waals surface area contributed by atoms with Gasteiger partial charge in [0.05, 0.1) is 18.2 Å². The molecule has 0 aliphatic carbocycles. The molecule has 28 heavy (non-hydrogen) atoms. The SMILES string of the molecule is Cc1ccc(C)n1-c1nnc(N2CCC[C@@H](C(=O)NCc3ccccn3)C2)s1. The molecule has 1 aliphatic heterocycles. The van der Waals surface area contributed by atoms with Crippen LogP contribution in [0.1, 0.15) is 29.9 Å². The van der Waals surface area contributed by atoms with E-state index in [0.717, 1.165) is 46.7 Å². The first-order valence-electron chi connectivity index (χ1n) is 9.53. The standard InChI is InChI=1S/C20H24N6OS/c1-14-8-9-15(2)26(14)20-24-23-19(28-20)25-11-5-6-16(13-25)18(27)22-12-17-7-3-4-10-21-17/h3-4,7-10,16H,5-6,11-13H2,1-2H3,(H,22,27)/t16-/m1/s1. The first-order chi connectivity index (χ1) is 13.6. The number of aromatic nitrogens is 4. The van der Waals surface area contributed by atoms with E-state index >= 15 is 0 Å². The van der Waals surface area contributed by atoms with Gasteiger partial charge in [0.15, 0.2) is 0 Å². The lowest BCUT2D eigenvalue weighted by atomic mass is 9.97. The van der Waals surface area contributed by atoms with Gasteiger partial charge in [-0.2, -0.15) is 0 Å². The van der Waals surface area contributed by atoms with E-state index in [9.17, 15) is 4.79 Å². The molecule has 1 amide bonds. The quantitative estimate of drug-likeness (QED) is 0.718. The first-order valence-corrected chi connectivity index (χ1v) is 10.3. The monoisotopic (exact) mass is 396 g/mol. The summed E-state index contributed by atoms with van der Waals surface area (Å²) in [7, 11) is 0. The van der Waals surface area contributed by atoms with Crippen molar-refractivity contribution in [2.45, 2.75) is 33.2 Å². The van der Waals surface area contributed by atoms with Crippen LogP contribution in [-0.2, 0) is 11.3 Å². The molecule has 0 spiro atoms. The third-order valence-electron chi connectivity index (χ3n) is 5.10. The maximum atomic E-state index is 12.6.